The highest BCUT2D eigenvalue weighted by Crippen LogP contribution is 2.34. The molecule has 0 saturated carbocycles. The van der Waals surface area contributed by atoms with E-state index in [9.17, 15) is 4.79 Å². The van der Waals surface area contributed by atoms with E-state index in [2.05, 4.69) is 10.8 Å². The maximum absolute atomic E-state index is 11.5. The molecule has 76 valence electrons. The molecule has 0 fully saturated rings. The van der Waals surface area contributed by atoms with E-state index in [0.29, 0.717) is 0 Å². The van der Waals surface area contributed by atoms with E-state index in [1.54, 1.807) is 6.92 Å². The third-order valence-corrected chi connectivity index (χ3v) is 2.75. The predicted octanol–water partition coefficient (Wildman–Crippen LogP) is 2.19. The molecule has 0 aromatic rings. The number of nitriles is 1. The van der Waals surface area contributed by atoms with Gasteiger partial charge in [-0.05, 0) is 38.2 Å². The molecule has 14 heavy (non-hydrogen) atoms. The van der Waals surface area contributed by atoms with Crippen LogP contribution in [0.1, 0.15) is 32.6 Å². The van der Waals surface area contributed by atoms with Crippen LogP contribution in [0.25, 0.3) is 0 Å². The number of hydrogen-bond donors (Lipinski definition) is 0. The van der Waals surface area contributed by atoms with Crippen molar-refractivity contribution in [3.8, 4) is 6.07 Å². The highest BCUT2D eigenvalue weighted by atomic mass is 16.5. The standard InChI is InChI=1S/C11H15NO2/c1-11(8-12,10(13)14-2)9-6-4-3-5-7-9/h6H,3-5,7H2,1-2H3/t11-/m0/s1. The Morgan fingerprint density at radius 1 is 1.64 bits per heavy atom. The van der Waals surface area contributed by atoms with Crippen molar-refractivity contribution in [2.45, 2.75) is 32.6 Å². The smallest absolute Gasteiger partial charge is 0.330 e. The van der Waals surface area contributed by atoms with Crippen LogP contribution >= 0.6 is 0 Å². The van der Waals surface area contributed by atoms with Crippen molar-refractivity contribution in [2.75, 3.05) is 7.11 Å². The number of nitrogens with zero attached hydrogens (tertiary/aromatic N) is 1. The zero-order chi connectivity index (χ0) is 10.6. The van der Waals surface area contributed by atoms with Crippen LogP contribution in [0.15, 0.2) is 11.6 Å². The zero-order valence-corrected chi connectivity index (χ0v) is 8.67. The van der Waals surface area contributed by atoms with Crippen molar-refractivity contribution in [3.63, 3.8) is 0 Å². The summed E-state index contributed by atoms with van der Waals surface area (Å²) in [6.07, 6.45) is 6.00. The Morgan fingerprint density at radius 3 is 2.79 bits per heavy atom. The molecule has 0 radical (unpaired) electrons. The van der Waals surface area contributed by atoms with Gasteiger partial charge in [0.15, 0.2) is 5.41 Å². The fourth-order valence-corrected chi connectivity index (χ4v) is 1.74. The molecule has 0 unspecified atom stereocenters. The molecule has 1 aliphatic carbocycles. The van der Waals surface area contributed by atoms with E-state index < -0.39 is 11.4 Å². The summed E-state index contributed by atoms with van der Waals surface area (Å²) >= 11 is 0. The summed E-state index contributed by atoms with van der Waals surface area (Å²) in [7, 11) is 1.32. The first-order valence-corrected chi connectivity index (χ1v) is 4.84. The molecule has 0 aromatic heterocycles. The number of esters is 1. The molecule has 0 spiro atoms. The molecule has 0 N–H and O–H groups in total. The van der Waals surface area contributed by atoms with Crippen LogP contribution in [0.4, 0.5) is 0 Å². The van der Waals surface area contributed by atoms with Crippen molar-refractivity contribution in [2.24, 2.45) is 5.41 Å². The minimum atomic E-state index is -1.07. The van der Waals surface area contributed by atoms with E-state index in [1.165, 1.54) is 7.11 Å². The Hall–Kier alpha value is -1.30. The summed E-state index contributed by atoms with van der Waals surface area (Å²) in [5.41, 5.74) is -0.159. The first-order chi connectivity index (χ1) is 6.65. The van der Waals surface area contributed by atoms with Crippen LogP contribution in [0, 0.1) is 16.7 Å². The Labute approximate surface area is 84.4 Å². The van der Waals surface area contributed by atoms with Crippen LogP contribution < -0.4 is 0 Å². The molecule has 0 aliphatic heterocycles. The molecule has 1 atom stereocenters. The summed E-state index contributed by atoms with van der Waals surface area (Å²) in [5.74, 6) is -0.451. The lowest BCUT2D eigenvalue weighted by Crippen LogP contribution is -2.30. The number of methoxy groups -OCH3 is 1. The van der Waals surface area contributed by atoms with E-state index in [4.69, 9.17) is 5.26 Å². The molecular formula is C11H15NO2. The number of hydrogen-bond acceptors (Lipinski definition) is 3. The lowest BCUT2D eigenvalue weighted by molar-refractivity contribution is -0.146. The highest BCUT2D eigenvalue weighted by molar-refractivity contribution is 5.83. The van der Waals surface area contributed by atoms with Gasteiger partial charge in [-0.2, -0.15) is 5.26 Å². The van der Waals surface area contributed by atoms with Crippen LogP contribution in [0.5, 0.6) is 0 Å². The van der Waals surface area contributed by atoms with Gasteiger partial charge in [0.25, 0.3) is 0 Å². The molecule has 0 amide bonds. The number of carbonyl (C=O) groups is 1. The third kappa shape index (κ3) is 1.79. The molecule has 3 heteroatoms. The monoisotopic (exact) mass is 193 g/mol. The van der Waals surface area contributed by atoms with E-state index in [1.807, 2.05) is 6.08 Å². The molecule has 1 aliphatic rings. The summed E-state index contributed by atoms with van der Waals surface area (Å²) in [4.78, 5) is 11.5. The second kappa shape index (κ2) is 4.28. The normalized spacial score (nSPS) is 20.2. The lowest BCUT2D eigenvalue weighted by Gasteiger charge is -2.24. The van der Waals surface area contributed by atoms with Gasteiger partial charge >= 0.3 is 5.97 Å². The van der Waals surface area contributed by atoms with Gasteiger partial charge in [-0.1, -0.05) is 6.08 Å². The maximum Gasteiger partial charge on any atom is 0.330 e. The summed E-state index contributed by atoms with van der Waals surface area (Å²) in [6.45, 7) is 1.63. The second-order valence-corrected chi connectivity index (χ2v) is 3.70. The number of allylic oxidation sites excluding steroid dienone is 1. The topological polar surface area (TPSA) is 50.1 Å². The van der Waals surface area contributed by atoms with Crippen molar-refractivity contribution >= 4 is 5.97 Å². The first-order valence-electron chi connectivity index (χ1n) is 4.84. The van der Waals surface area contributed by atoms with E-state index in [0.717, 1.165) is 31.3 Å². The van der Waals surface area contributed by atoms with Gasteiger partial charge in [-0.15, -0.1) is 0 Å². The third-order valence-electron chi connectivity index (χ3n) is 2.75. The van der Waals surface area contributed by atoms with Gasteiger partial charge < -0.3 is 4.74 Å². The van der Waals surface area contributed by atoms with Gasteiger partial charge in [0, 0.05) is 0 Å². The summed E-state index contributed by atoms with van der Waals surface area (Å²) in [5, 5.41) is 9.05. The highest BCUT2D eigenvalue weighted by Gasteiger charge is 2.38. The van der Waals surface area contributed by atoms with E-state index >= 15 is 0 Å². The number of ether oxygens (including phenoxy) is 1. The van der Waals surface area contributed by atoms with Crippen molar-refractivity contribution in [1.29, 1.82) is 5.26 Å². The van der Waals surface area contributed by atoms with Crippen LogP contribution in [-0.4, -0.2) is 13.1 Å². The van der Waals surface area contributed by atoms with Crippen LogP contribution in [0.3, 0.4) is 0 Å². The molecule has 0 aromatic carbocycles. The second-order valence-electron chi connectivity index (χ2n) is 3.70. The first kappa shape index (κ1) is 10.8. The van der Waals surface area contributed by atoms with Gasteiger partial charge in [-0.3, -0.25) is 0 Å². The molecular weight excluding hydrogens is 178 g/mol. The Kier molecular flexibility index (Phi) is 3.29. The largest absolute Gasteiger partial charge is 0.468 e. The molecule has 0 heterocycles. The summed E-state index contributed by atoms with van der Waals surface area (Å²) < 4.78 is 4.66. The van der Waals surface area contributed by atoms with Crippen molar-refractivity contribution in [3.05, 3.63) is 11.6 Å². The molecule has 1 rings (SSSR count). The van der Waals surface area contributed by atoms with Gasteiger partial charge in [0.1, 0.15) is 0 Å². The average molecular weight is 193 g/mol. The van der Waals surface area contributed by atoms with Gasteiger partial charge in [0.05, 0.1) is 13.2 Å². The predicted molar refractivity (Wildman–Crippen MR) is 52.3 cm³/mol. The van der Waals surface area contributed by atoms with Crippen molar-refractivity contribution in [1.82, 2.24) is 0 Å². The average Bonchev–Trinajstić information content (AvgIpc) is 2.28. The fourth-order valence-electron chi connectivity index (χ4n) is 1.74. The van der Waals surface area contributed by atoms with Gasteiger partial charge in [0.2, 0.25) is 0 Å². The van der Waals surface area contributed by atoms with Gasteiger partial charge in [-0.25, -0.2) is 4.79 Å². The SMILES string of the molecule is COC(=O)[C@@](C)(C#N)C1=CCCCC1. The fraction of sp³-hybridized carbons (Fsp3) is 0.636. The lowest BCUT2D eigenvalue weighted by atomic mass is 9.78. The minimum absolute atomic E-state index is 0.451. The van der Waals surface area contributed by atoms with Crippen LogP contribution in [-0.2, 0) is 9.53 Å². The number of rotatable bonds is 2. The minimum Gasteiger partial charge on any atom is -0.468 e. The van der Waals surface area contributed by atoms with E-state index in [-0.39, 0.29) is 0 Å². The number of carbonyl (C=O) groups excluding carboxylic acids is 1. The van der Waals surface area contributed by atoms with Crippen LogP contribution in [0.2, 0.25) is 0 Å². The summed E-state index contributed by atoms with van der Waals surface area (Å²) in [6, 6.07) is 2.06. The Bertz CT molecular complexity index is 301. The Morgan fingerprint density at radius 2 is 2.36 bits per heavy atom. The zero-order valence-electron chi connectivity index (χ0n) is 8.67. The van der Waals surface area contributed by atoms with Crippen molar-refractivity contribution < 1.29 is 9.53 Å². The molecule has 0 bridgehead atoms. The maximum atomic E-state index is 11.5. The molecule has 0 saturated heterocycles. The molecule has 3 nitrogen and oxygen atoms in total. The Balaban J connectivity index is 2.95. The quantitative estimate of drug-likeness (QED) is 0.499.